The first-order chi connectivity index (χ1) is 8.27. The van der Waals surface area contributed by atoms with Crippen LogP contribution in [0.25, 0.3) is 0 Å². The fourth-order valence-electron chi connectivity index (χ4n) is 1.90. The molecule has 6 nitrogen and oxygen atoms in total. The van der Waals surface area contributed by atoms with Gasteiger partial charge in [-0.15, -0.1) is 0 Å². The average Bonchev–Trinajstić information content (AvgIpc) is 2.67. The number of aliphatic hydroxyl groups is 1. The van der Waals surface area contributed by atoms with Crippen LogP contribution in [0.15, 0.2) is 0 Å². The Morgan fingerprint density at radius 2 is 2.17 bits per heavy atom. The first-order valence-electron chi connectivity index (χ1n) is 6.22. The highest BCUT2D eigenvalue weighted by Crippen LogP contribution is 2.47. The molecule has 0 aromatic heterocycles. The van der Waals surface area contributed by atoms with E-state index in [1.807, 2.05) is 0 Å². The zero-order chi connectivity index (χ0) is 13.9. The van der Waals surface area contributed by atoms with Crippen LogP contribution in [0.3, 0.4) is 0 Å². The van der Waals surface area contributed by atoms with Gasteiger partial charge in [-0.3, -0.25) is 9.36 Å². The summed E-state index contributed by atoms with van der Waals surface area (Å²) in [6.07, 6.45) is 0.167. The minimum atomic E-state index is -3.62. The molecule has 0 bridgehead atoms. The van der Waals surface area contributed by atoms with Gasteiger partial charge in [-0.25, -0.2) is 0 Å². The number of β-amino-alcohol motifs (C(OH)–C–C–N with tert-alkyl or cyclic N) is 1. The van der Waals surface area contributed by atoms with Gasteiger partial charge in [-0.2, -0.15) is 0 Å². The lowest BCUT2D eigenvalue weighted by atomic mass is 10.2. The van der Waals surface area contributed by atoms with Crippen molar-refractivity contribution in [2.24, 2.45) is 0 Å². The van der Waals surface area contributed by atoms with Crippen LogP contribution in [0, 0.1) is 0 Å². The van der Waals surface area contributed by atoms with Crippen molar-refractivity contribution in [3.05, 3.63) is 0 Å². The van der Waals surface area contributed by atoms with E-state index in [0.717, 1.165) is 0 Å². The minimum absolute atomic E-state index is 0.00520. The maximum atomic E-state index is 11.7. The Balaban J connectivity index is 2.60. The first kappa shape index (κ1) is 15.6. The fraction of sp³-hybridized carbons (Fsp3) is 0.909. The Hall–Kier alpha value is -0.420. The van der Waals surface area contributed by atoms with Gasteiger partial charge in [0.1, 0.15) is 0 Å². The monoisotopic (exact) mass is 279 g/mol. The summed E-state index contributed by atoms with van der Waals surface area (Å²) in [7, 11) is -3.62. The highest BCUT2D eigenvalue weighted by molar-refractivity contribution is 7.53. The van der Waals surface area contributed by atoms with E-state index < -0.39 is 19.4 Å². The van der Waals surface area contributed by atoms with Crippen LogP contribution in [0.2, 0.25) is 0 Å². The molecule has 1 fully saturated rings. The Bertz CT molecular complexity index is 346. The van der Waals surface area contributed by atoms with Crippen molar-refractivity contribution < 1.29 is 23.9 Å². The largest absolute Gasteiger partial charge is 0.391 e. The Morgan fingerprint density at radius 1 is 1.56 bits per heavy atom. The van der Waals surface area contributed by atoms with E-state index in [1.165, 1.54) is 4.90 Å². The summed E-state index contributed by atoms with van der Waals surface area (Å²) >= 11 is 0. The maximum Gasteiger partial charge on any atom is 0.330 e. The minimum Gasteiger partial charge on any atom is -0.391 e. The second-order valence-corrected chi connectivity index (χ2v) is 7.32. The number of hydrogen-bond acceptors (Lipinski definition) is 4. The summed E-state index contributed by atoms with van der Waals surface area (Å²) < 4.78 is 16.7. The lowest BCUT2D eigenvalue weighted by Crippen LogP contribution is -2.38. The molecule has 1 heterocycles. The fourth-order valence-corrected chi connectivity index (χ4v) is 2.58. The molecule has 2 N–H and O–H groups in total. The normalized spacial score (nSPS) is 27.6. The third kappa shape index (κ3) is 3.79. The molecule has 0 spiro atoms. The molecule has 0 radical (unpaired) electrons. The van der Waals surface area contributed by atoms with Gasteiger partial charge < -0.3 is 19.4 Å². The lowest BCUT2D eigenvalue weighted by molar-refractivity contribution is -0.132. The van der Waals surface area contributed by atoms with E-state index in [-0.39, 0.29) is 25.1 Å². The van der Waals surface area contributed by atoms with E-state index in [0.29, 0.717) is 12.8 Å². The SMILES string of the molecule is CCC(=O)N1CC(O)CC1COP(=O)(O)C(C)C. The van der Waals surface area contributed by atoms with Crippen LogP contribution in [-0.2, 0) is 13.9 Å². The number of hydrogen-bond donors (Lipinski definition) is 2. The van der Waals surface area contributed by atoms with Gasteiger partial charge >= 0.3 is 7.60 Å². The topological polar surface area (TPSA) is 87.1 Å². The highest BCUT2D eigenvalue weighted by atomic mass is 31.2. The molecule has 0 saturated carbocycles. The maximum absolute atomic E-state index is 11.7. The van der Waals surface area contributed by atoms with Gasteiger partial charge in [0.05, 0.1) is 24.4 Å². The van der Waals surface area contributed by atoms with Crippen molar-refractivity contribution >= 4 is 13.5 Å². The second kappa shape index (κ2) is 6.15. The standard InChI is InChI=1S/C11H22NO5P/c1-4-11(14)12-6-10(13)5-9(12)7-17-18(15,16)8(2)3/h8-10,13H,4-7H2,1-3H3,(H,15,16). The van der Waals surface area contributed by atoms with Crippen LogP contribution in [-0.4, -0.2) is 51.8 Å². The van der Waals surface area contributed by atoms with Gasteiger partial charge in [-0.1, -0.05) is 20.8 Å². The molecule has 106 valence electrons. The van der Waals surface area contributed by atoms with Gasteiger partial charge in [0.15, 0.2) is 0 Å². The zero-order valence-electron chi connectivity index (χ0n) is 11.1. The third-order valence-electron chi connectivity index (χ3n) is 3.12. The summed E-state index contributed by atoms with van der Waals surface area (Å²) in [5, 5.41) is 9.57. The molecule has 7 heteroatoms. The Labute approximate surface area is 107 Å². The van der Waals surface area contributed by atoms with Gasteiger partial charge in [0.2, 0.25) is 5.91 Å². The highest BCUT2D eigenvalue weighted by Gasteiger charge is 2.35. The van der Waals surface area contributed by atoms with Crippen LogP contribution in [0.1, 0.15) is 33.6 Å². The predicted molar refractivity (Wildman–Crippen MR) is 67.3 cm³/mol. The second-order valence-electron chi connectivity index (χ2n) is 4.90. The van der Waals surface area contributed by atoms with Crippen LogP contribution in [0.4, 0.5) is 0 Å². The third-order valence-corrected chi connectivity index (χ3v) is 4.94. The van der Waals surface area contributed by atoms with Crippen molar-refractivity contribution in [3.8, 4) is 0 Å². The van der Waals surface area contributed by atoms with Gasteiger partial charge in [0.25, 0.3) is 0 Å². The smallest absolute Gasteiger partial charge is 0.330 e. The molecule has 3 atom stereocenters. The number of amides is 1. The molecule has 0 aliphatic carbocycles. The summed E-state index contributed by atoms with van der Waals surface area (Å²) in [5.41, 5.74) is -0.473. The van der Waals surface area contributed by atoms with E-state index in [9.17, 15) is 19.4 Å². The van der Waals surface area contributed by atoms with E-state index in [1.54, 1.807) is 20.8 Å². The molecule has 0 aromatic rings. The Kier molecular flexibility index (Phi) is 5.34. The number of aliphatic hydroxyl groups excluding tert-OH is 1. The molecule has 1 aliphatic heterocycles. The average molecular weight is 279 g/mol. The number of nitrogens with zero attached hydrogens (tertiary/aromatic N) is 1. The first-order valence-corrected chi connectivity index (χ1v) is 7.87. The quantitative estimate of drug-likeness (QED) is 0.732. The van der Waals surface area contributed by atoms with Crippen molar-refractivity contribution in [3.63, 3.8) is 0 Å². The molecular formula is C11H22NO5P. The molecule has 1 rings (SSSR count). The molecule has 3 unspecified atom stereocenters. The summed E-state index contributed by atoms with van der Waals surface area (Å²) in [4.78, 5) is 22.8. The van der Waals surface area contributed by atoms with Crippen molar-refractivity contribution in [1.29, 1.82) is 0 Å². The number of rotatable bonds is 5. The van der Waals surface area contributed by atoms with E-state index >= 15 is 0 Å². The Morgan fingerprint density at radius 3 is 2.67 bits per heavy atom. The summed E-state index contributed by atoms with van der Waals surface area (Å²) in [6.45, 7) is 5.24. The predicted octanol–water partition coefficient (Wildman–Crippen LogP) is 0.969. The molecule has 1 amide bonds. The molecule has 18 heavy (non-hydrogen) atoms. The van der Waals surface area contributed by atoms with Crippen LogP contribution < -0.4 is 0 Å². The summed E-state index contributed by atoms with van der Waals surface area (Å²) in [6, 6.07) is -0.313. The van der Waals surface area contributed by atoms with Crippen molar-refractivity contribution in [2.75, 3.05) is 13.2 Å². The number of carbonyl (C=O) groups is 1. The molecular weight excluding hydrogens is 257 g/mol. The van der Waals surface area contributed by atoms with E-state index in [2.05, 4.69) is 0 Å². The molecule has 0 aromatic carbocycles. The van der Waals surface area contributed by atoms with Gasteiger partial charge in [0, 0.05) is 13.0 Å². The number of likely N-dealkylation sites (tertiary alicyclic amines) is 1. The van der Waals surface area contributed by atoms with Crippen molar-refractivity contribution in [2.45, 2.75) is 51.4 Å². The van der Waals surface area contributed by atoms with Crippen LogP contribution >= 0.6 is 7.60 Å². The summed E-state index contributed by atoms with van der Waals surface area (Å²) in [5.74, 6) is -0.0718. The van der Waals surface area contributed by atoms with Gasteiger partial charge in [-0.05, 0) is 6.42 Å². The molecule has 1 saturated heterocycles. The lowest BCUT2D eigenvalue weighted by Gasteiger charge is -2.25. The van der Waals surface area contributed by atoms with Crippen LogP contribution in [0.5, 0.6) is 0 Å². The van der Waals surface area contributed by atoms with E-state index in [4.69, 9.17) is 4.52 Å². The number of carbonyl (C=O) groups excluding carboxylic acids is 1. The van der Waals surface area contributed by atoms with Crippen molar-refractivity contribution in [1.82, 2.24) is 4.90 Å². The zero-order valence-corrected chi connectivity index (χ0v) is 12.0. The molecule has 1 aliphatic rings.